The smallest absolute Gasteiger partial charge is 0.242 e. The lowest BCUT2D eigenvalue weighted by atomic mass is 10.2. The SMILES string of the molecule is C=C(CCCC(=O)NCCNC(=O)CCOCCOCCNC(=O)CCN1C(=O)CC(SC)C1=O)OCC(OC)OC(CC)CO. The highest BCUT2D eigenvalue weighted by molar-refractivity contribution is 8.00. The molecule has 0 aromatic rings. The zero-order valence-corrected chi connectivity index (χ0v) is 28.2. The number of imide groups is 1. The van der Waals surface area contributed by atoms with Gasteiger partial charge in [0, 0.05) is 65.4 Å². The number of carbonyl (C=O) groups excluding carboxylic acids is 5. The van der Waals surface area contributed by atoms with E-state index in [-0.39, 0.29) is 113 Å². The molecule has 46 heavy (non-hydrogen) atoms. The van der Waals surface area contributed by atoms with Crippen LogP contribution in [0.2, 0.25) is 0 Å². The molecule has 5 amide bonds. The minimum Gasteiger partial charge on any atom is -0.493 e. The topological polar surface area (TPSA) is 191 Å². The molecular weight excluding hydrogens is 624 g/mol. The molecule has 264 valence electrons. The molecule has 0 aromatic heterocycles. The molecule has 0 saturated carbocycles. The Bertz CT molecular complexity index is 952. The van der Waals surface area contributed by atoms with Gasteiger partial charge in [-0.2, -0.15) is 11.8 Å². The molecule has 0 bridgehead atoms. The van der Waals surface area contributed by atoms with Gasteiger partial charge in [0.1, 0.15) is 6.61 Å². The quantitative estimate of drug-likeness (QED) is 0.0379. The first-order valence-corrected chi connectivity index (χ1v) is 16.9. The van der Waals surface area contributed by atoms with Crippen LogP contribution in [0.1, 0.15) is 51.9 Å². The average Bonchev–Trinajstić information content (AvgIpc) is 3.32. The monoisotopic (exact) mass is 676 g/mol. The highest BCUT2D eigenvalue weighted by Gasteiger charge is 2.37. The Labute approximate surface area is 275 Å². The number of thioether (sulfide) groups is 1. The summed E-state index contributed by atoms with van der Waals surface area (Å²) in [6, 6.07) is 0. The number of methoxy groups -OCH3 is 1. The first-order chi connectivity index (χ1) is 22.1. The van der Waals surface area contributed by atoms with E-state index in [2.05, 4.69) is 22.5 Å². The zero-order valence-electron chi connectivity index (χ0n) is 27.3. The maximum Gasteiger partial charge on any atom is 0.242 e. The summed E-state index contributed by atoms with van der Waals surface area (Å²) in [6.07, 6.45) is 3.19. The Morgan fingerprint density at radius 3 is 2.20 bits per heavy atom. The van der Waals surface area contributed by atoms with E-state index in [0.717, 1.165) is 4.90 Å². The van der Waals surface area contributed by atoms with E-state index in [0.29, 0.717) is 44.7 Å². The first-order valence-electron chi connectivity index (χ1n) is 15.6. The van der Waals surface area contributed by atoms with Crippen LogP contribution < -0.4 is 16.0 Å². The fraction of sp³-hybridized carbons (Fsp3) is 0.767. The number of nitrogens with zero attached hydrogens (tertiary/aromatic N) is 1. The van der Waals surface area contributed by atoms with Crippen molar-refractivity contribution < 1.29 is 52.8 Å². The first kappa shape index (κ1) is 41.3. The lowest BCUT2D eigenvalue weighted by molar-refractivity contribution is -0.184. The summed E-state index contributed by atoms with van der Waals surface area (Å²) in [6.45, 7) is 7.80. The summed E-state index contributed by atoms with van der Waals surface area (Å²) in [7, 11) is 1.49. The lowest BCUT2D eigenvalue weighted by Gasteiger charge is -2.22. The van der Waals surface area contributed by atoms with Gasteiger partial charge >= 0.3 is 0 Å². The van der Waals surface area contributed by atoms with Gasteiger partial charge in [-0.05, 0) is 19.1 Å². The van der Waals surface area contributed by atoms with E-state index in [1.807, 2.05) is 6.92 Å². The molecule has 16 heteroatoms. The van der Waals surface area contributed by atoms with Crippen molar-refractivity contribution >= 4 is 41.3 Å². The van der Waals surface area contributed by atoms with Crippen molar-refractivity contribution in [1.82, 2.24) is 20.9 Å². The predicted molar refractivity (Wildman–Crippen MR) is 171 cm³/mol. The number of amides is 5. The molecule has 1 fully saturated rings. The normalized spacial score (nSPS) is 15.8. The third-order valence-corrected chi connectivity index (χ3v) is 7.72. The van der Waals surface area contributed by atoms with Gasteiger partial charge in [0.15, 0.2) is 6.29 Å². The van der Waals surface area contributed by atoms with Crippen LogP contribution >= 0.6 is 11.8 Å². The number of nitrogens with one attached hydrogen (secondary N) is 3. The van der Waals surface area contributed by atoms with Crippen molar-refractivity contribution in [1.29, 1.82) is 0 Å². The number of hydrogen-bond donors (Lipinski definition) is 4. The molecule has 1 heterocycles. The van der Waals surface area contributed by atoms with Crippen molar-refractivity contribution in [2.24, 2.45) is 0 Å². The number of carbonyl (C=O) groups is 5. The predicted octanol–water partition coefficient (Wildman–Crippen LogP) is 0.0995. The van der Waals surface area contributed by atoms with Gasteiger partial charge < -0.3 is 44.7 Å². The summed E-state index contributed by atoms with van der Waals surface area (Å²) in [5.41, 5.74) is 0. The van der Waals surface area contributed by atoms with Gasteiger partial charge in [0.2, 0.25) is 29.5 Å². The maximum absolute atomic E-state index is 12.1. The molecule has 15 nitrogen and oxygen atoms in total. The van der Waals surface area contributed by atoms with Crippen LogP contribution in [0.3, 0.4) is 0 Å². The Morgan fingerprint density at radius 2 is 1.59 bits per heavy atom. The zero-order chi connectivity index (χ0) is 34.2. The Balaban J connectivity index is 1.94. The van der Waals surface area contributed by atoms with Crippen molar-refractivity contribution in [2.45, 2.75) is 69.5 Å². The van der Waals surface area contributed by atoms with Gasteiger partial charge in [-0.3, -0.25) is 28.9 Å². The number of allylic oxidation sites excluding steroid dienone is 1. The second kappa shape index (κ2) is 25.3. The molecule has 1 aliphatic rings. The fourth-order valence-electron chi connectivity index (χ4n) is 4.05. The highest BCUT2D eigenvalue weighted by Crippen LogP contribution is 2.23. The molecule has 0 aromatic carbocycles. The molecule has 0 radical (unpaired) electrons. The summed E-state index contributed by atoms with van der Waals surface area (Å²) in [5.74, 6) is -0.584. The molecule has 0 aliphatic carbocycles. The molecular formula is C30H52N4O11S. The van der Waals surface area contributed by atoms with Crippen LogP contribution in [0.25, 0.3) is 0 Å². The van der Waals surface area contributed by atoms with Gasteiger partial charge in [0.25, 0.3) is 0 Å². The molecule has 4 N–H and O–H groups in total. The van der Waals surface area contributed by atoms with E-state index in [1.54, 1.807) is 6.26 Å². The molecule has 1 aliphatic heterocycles. The van der Waals surface area contributed by atoms with E-state index < -0.39 is 6.29 Å². The molecule has 1 saturated heterocycles. The summed E-state index contributed by atoms with van der Waals surface area (Å²) in [4.78, 5) is 61.0. The van der Waals surface area contributed by atoms with Crippen LogP contribution in [0.5, 0.6) is 0 Å². The van der Waals surface area contributed by atoms with Crippen LogP contribution in [0, 0.1) is 0 Å². The van der Waals surface area contributed by atoms with E-state index in [9.17, 15) is 29.1 Å². The maximum atomic E-state index is 12.1. The summed E-state index contributed by atoms with van der Waals surface area (Å²) in [5, 5.41) is 17.0. The second-order valence-corrected chi connectivity index (χ2v) is 11.3. The van der Waals surface area contributed by atoms with Crippen molar-refractivity contribution in [2.75, 3.05) is 79.2 Å². The lowest BCUT2D eigenvalue weighted by Crippen LogP contribution is -2.36. The minimum atomic E-state index is -0.624. The molecule has 3 unspecified atom stereocenters. The van der Waals surface area contributed by atoms with Crippen molar-refractivity contribution in [3.63, 3.8) is 0 Å². The average molecular weight is 677 g/mol. The Kier molecular flexibility index (Phi) is 22.7. The van der Waals surface area contributed by atoms with Gasteiger partial charge in [-0.1, -0.05) is 13.5 Å². The second-order valence-electron chi connectivity index (χ2n) is 10.3. The standard InChI is InChI=1S/C30H52N4O11S/c1-5-23(20-35)45-29(41-3)21-44-22(2)7-6-8-25(36)31-11-12-32-27(38)10-15-42-17-18-43-16-13-33-26(37)9-14-34-28(39)19-24(46-4)30(34)40/h23-24,29,35H,2,5-21H2,1,3-4H3,(H,31,36)(H,32,38)(H,33,37). The molecule has 0 spiro atoms. The number of rotatable bonds is 28. The van der Waals surface area contributed by atoms with Crippen molar-refractivity contribution in [3.05, 3.63) is 12.3 Å². The number of ether oxygens (including phenoxy) is 5. The van der Waals surface area contributed by atoms with E-state index in [4.69, 9.17) is 23.7 Å². The van der Waals surface area contributed by atoms with Crippen LogP contribution in [0.15, 0.2) is 12.3 Å². The number of hydrogen-bond acceptors (Lipinski definition) is 12. The third-order valence-electron chi connectivity index (χ3n) is 6.78. The van der Waals surface area contributed by atoms with Crippen LogP contribution in [0.4, 0.5) is 0 Å². The largest absolute Gasteiger partial charge is 0.493 e. The molecule has 3 atom stereocenters. The minimum absolute atomic E-state index is 0.0450. The Hall–Kier alpha value is -2.76. The van der Waals surface area contributed by atoms with E-state index in [1.165, 1.54) is 18.9 Å². The van der Waals surface area contributed by atoms with E-state index >= 15 is 0 Å². The van der Waals surface area contributed by atoms with Crippen LogP contribution in [-0.4, -0.2) is 136 Å². The number of aliphatic hydroxyl groups is 1. The third kappa shape index (κ3) is 18.4. The number of aliphatic hydroxyl groups excluding tert-OH is 1. The Morgan fingerprint density at radius 1 is 0.957 bits per heavy atom. The highest BCUT2D eigenvalue weighted by atomic mass is 32.2. The molecule has 1 rings (SSSR count). The van der Waals surface area contributed by atoms with Gasteiger partial charge in [0.05, 0.1) is 50.1 Å². The number of likely N-dealkylation sites (tertiary alicyclic amines) is 1. The van der Waals surface area contributed by atoms with Crippen molar-refractivity contribution in [3.8, 4) is 0 Å². The van der Waals surface area contributed by atoms with Gasteiger partial charge in [-0.15, -0.1) is 0 Å². The van der Waals surface area contributed by atoms with Gasteiger partial charge in [-0.25, -0.2) is 0 Å². The summed E-state index contributed by atoms with van der Waals surface area (Å²) < 4.78 is 27.1. The summed E-state index contributed by atoms with van der Waals surface area (Å²) >= 11 is 1.34. The van der Waals surface area contributed by atoms with Crippen LogP contribution in [-0.2, 0) is 47.7 Å². The fourth-order valence-corrected chi connectivity index (χ4v) is 4.69.